The van der Waals surface area contributed by atoms with Gasteiger partial charge in [0.05, 0.1) is 50.9 Å². The van der Waals surface area contributed by atoms with Crippen LogP contribution in [0.15, 0.2) is 65.8 Å². The first-order valence-corrected chi connectivity index (χ1v) is 11.7. The highest BCUT2D eigenvalue weighted by molar-refractivity contribution is 6.36. The molecule has 8 heteroatoms. The van der Waals surface area contributed by atoms with E-state index in [1.165, 1.54) is 0 Å². The fourth-order valence-corrected chi connectivity index (χ4v) is 4.66. The molecule has 0 N–H and O–H groups in total. The summed E-state index contributed by atoms with van der Waals surface area (Å²) in [5, 5.41) is 7.88. The van der Waals surface area contributed by atoms with Crippen LogP contribution in [0.3, 0.4) is 0 Å². The van der Waals surface area contributed by atoms with Crippen molar-refractivity contribution in [3.8, 4) is 23.0 Å². The minimum absolute atomic E-state index is 0.175. The van der Waals surface area contributed by atoms with E-state index in [1.54, 1.807) is 40.6 Å². The van der Waals surface area contributed by atoms with Crippen molar-refractivity contribution in [2.45, 2.75) is 12.5 Å². The molecule has 4 rings (SSSR count). The lowest BCUT2D eigenvalue weighted by molar-refractivity contribution is 0.349. The fourth-order valence-electron chi connectivity index (χ4n) is 4.17. The number of hydrogen-bond acceptors (Lipinski definition) is 6. The van der Waals surface area contributed by atoms with E-state index in [4.69, 9.17) is 47.3 Å². The Bertz CT molecular complexity index is 1280. The summed E-state index contributed by atoms with van der Waals surface area (Å²) in [6, 6.07) is 16.8. The minimum Gasteiger partial charge on any atom is -0.493 e. The number of para-hydroxylation sites is 2. The van der Waals surface area contributed by atoms with E-state index in [0.29, 0.717) is 39.5 Å². The molecule has 0 radical (unpaired) electrons. The van der Waals surface area contributed by atoms with Crippen LogP contribution in [0.25, 0.3) is 6.08 Å². The molecule has 0 saturated heterocycles. The number of methoxy groups -OCH3 is 4. The molecule has 0 saturated carbocycles. The third-order valence-electron chi connectivity index (χ3n) is 5.77. The predicted octanol–water partition coefficient (Wildman–Crippen LogP) is 7.05. The average molecular weight is 513 g/mol. The normalized spacial score (nSPS) is 15.3. The second kappa shape index (κ2) is 10.9. The molecule has 1 atom stereocenters. The second-order valence-electron chi connectivity index (χ2n) is 7.75. The molecule has 0 aromatic heterocycles. The van der Waals surface area contributed by atoms with Gasteiger partial charge in [-0.05, 0) is 42.5 Å². The topological polar surface area (TPSA) is 52.5 Å². The van der Waals surface area contributed by atoms with Crippen molar-refractivity contribution in [1.82, 2.24) is 0 Å². The van der Waals surface area contributed by atoms with Crippen molar-refractivity contribution in [3.05, 3.63) is 81.8 Å². The quantitative estimate of drug-likeness (QED) is 0.323. The molecule has 1 heterocycles. The van der Waals surface area contributed by atoms with Gasteiger partial charge in [0.15, 0.2) is 23.0 Å². The van der Waals surface area contributed by atoms with Gasteiger partial charge >= 0.3 is 0 Å². The Morgan fingerprint density at radius 2 is 1.51 bits per heavy atom. The third-order valence-corrected chi connectivity index (χ3v) is 6.31. The summed E-state index contributed by atoms with van der Waals surface area (Å²) in [4.78, 5) is 0. The lowest BCUT2D eigenvalue weighted by atomic mass is 9.99. The molecule has 1 aliphatic rings. The fraction of sp³-hybridized carbons (Fsp3) is 0.222. The summed E-state index contributed by atoms with van der Waals surface area (Å²) in [5.74, 6) is 2.63. The summed E-state index contributed by atoms with van der Waals surface area (Å²) >= 11 is 12.7. The first-order chi connectivity index (χ1) is 17.0. The largest absolute Gasteiger partial charge is 0.493 e. The molecule has 0 bridgehead atoms. The summed E-state index contributed by atoms with van der Waals surface area (Å²) in [6.07, 6.45) is 4.55. The highest BCUT2D eigenvalue weighted by Crippen LogP contribution is 2.45. The van der Waals surface area contributed by atoms with Crippen molar-refractivity contribution < 1.29 is 18.9 Å². The second-order valence-corrected chi connectivity index (χ2v) is 8.59. The number of rotatable bonds is 8. The number of hydrazone groups is 1. The number of halogens is 2. The summed E-state index contributed by atoms with van der Waals surface area (Å²) in [7, 11) is 6.49. The Balaban J connectivity index is 1.77. The van der Waals surface area contributed by atoms with Crippen molar-refractivity contribution in [1.29, 1.82) is 0 Å². The number of hydrogen-bond donors (Lipinski definition) is 0. The molecular formula is C27H26Cl2N2O4. The number of anilines is 1. The van der Waals surface area contributed by atoms with Gasteiger partial charge in [-0.2, -0.15) is 5.10 Å². The van der Waals surface area contributed by atoms with Gasteiger partial charge in [-0.1, -0.05) is 47.5 Å². The van der Waals surface area contributed by atoms with E-state index in [-0.39, 0.29) is 6.04 Å². The molecule has 3 aromatic rings. The zero-order valence-corrected chi connectivity index (χ0v) is 21.4. The monoisotopic (exact) mass is 512 g/mol. The Morgan fingerprint density at radius 1 is 0.829 bits per heavy atom. The molecule has 182 valence electrons. The predicted molar refractivity (Wildman–Crippen MR) is 142 cm³/mol. The molecule has 0 spiro atoms. The third kappa shape index (κ3) is 5.04. The van der Waals surface area contributed by atoms with Gasteiger partial charge in [-0.25, -0.2) is 0 Å². The Labute approximate surface area is 215 Å². The zero-order valence-electron chi connectivity index (χ0n) is 19.9. The molecule has 6 nitrogen and oxygen atoms in total. The number of allylic oxidation sites excluding steroid dienone is 1. The van der Waals surface area contributed by atoms with Crippen LogP contribution in [0.1, 0.15) is 23.6 Å². The number of ether oxygens (including phenoxy) is 4. The van der Waals surface area contributed by atoms with E-state index in [2.05, 4.69) is 0 Å². The number of benzene rings is 3. The van der Waals surface area contributed by atoms with Gasteiger partial charge in [0, 0.05) is 22.6 Å². The highest BCUT2D eigenvalue weighted by atomic mass is 35.5. The molecule has 3 aromatic carbocycles. The Hall–Kier alpha value is -3.35. The zero-order chi connectivity index (χ0) is 24.9. The van der Waals surface area contributed by atoms with E-state index < -0.39 is 0 Å². The maximum absolute atomic E-state index is 6.59. The first kappa shape index (κ1) is 24.8. The van der Waals surface area contributed by atoms with Crippen LogP contribution in [-0.2, 0) is 0 Å². The van der Waals surface area contributed by atoms with Gasteiger partial charge < -0.3 is 18.9 Å². The molecule has 0 amide bonds. The highest BCUT2D eigenvalue weighted by Gasteiger charge is 2.32. The summed E-state index contributed by atoms with van der Waals surface area (Å²) in [5.41, 5.74) is 3.42. The number of nitrogens with zero attached hydrogens (tertiary/aromatic N) is 2. The van der Waals surface area contributed by atoms with Gasteiger partial charge in [-0.3, -0.25) is 5.01 Å². The van der Waals surface area contributed by atoms with E-state index in [9.17, 15) is 0 Å². The van der Waals surface area contributed by atoms with Gasteiger partial charge in [-0.15, -0.1) is 0 Å². The van der Waals surface area contributed by atoms with Crippen LogP contribution in [0.4, 0.5) is 5.69 Å². The molecular weight excluding hydrogens is 487 g/mol. The standard InChI is InChI=1S/C27H26Cl2N2O4/c1-32-24-9-5-7-17(26(24)34-3)11-13-19-16-23(20-8-6-10-25(33-2)27(20)35-4)31(30-19)22-14-12-18(28)15-21(22)29/h5-15,23H,16H2,1-4H3. The van der Waals surface area contributed by atoms with Gasteiger partial charge in [0.2, 0.25) is 0 Å². The Morgan fingerprint density at radius 3 is 2.17 bits per heavy atom. The van der Waals surface area contributed by atoms with E-state index in [0.717, 1.165) is 22.5 Å². The lowest BCUT2D eigenvalue weighted by Crippen LogP contribution is -2.19. The van der Waals surface area contributed by atoms with Crippen LogP contribution in [0.2, 0.25) is 10.0 Å². The van der Waals surface area contributed by atoms with Crippen LogP contribution in [-0.4, -0.2) is 34.2 Å². The van der Waals surface area contributed by atoms with Crippen LogP contribution < -0.4 is 24.0 Å². The Kier molecular flexibility index (Phi) is 7.73. The average Bonchev–Trinajstić information content (AvgIpc) is 3.30. The van der Waals surface area contributed by atoms with E-state index in [1.807, 2.05) is 59.6 Å². The van der Waals surface area contributed by atoms with Crippen LogP contribution >= 0.6 is 23.2 Å². The molecule has 35 heavy (non-hydrogen) atoms. The lowest BCUT2D eigenvalue weighted by Gasteiger charge is -2.26. The molecule has 1 unspecified atom stereocenters. The van der Waals surface area contributed by atoms with Crippen molar-refractivity contribution in [2.24, 2.45) is 5.10 Å². The van der Waals surface area contributed by atoms with Crippen LogP contribution in [0.5, 0.6) is 23.0 Å². The van der Waals surface area contributed by atoms with Gasteiger partial charge in [0.1, 0.15) is 0 Å². The summed E-state index contributed by atoms with van der Waals surface area (Å²) < 4.78 is 22.2. The van der Waals surface area contributed by atoms with Crippen molar-refractivity contribution in [2.75, 3.05) is 33.4 Å². The smallest absolute Gasteiger partial charge is 0.167 e. The summed E-state index contributed by atoms with van der Waals surface area (Å²) in [6.45, 7) is 0. The van der Waals surface area contributed by atoms with Crippen molar-refractivity contribution >= 4 is 40.7 Å². The minimum atomic E-state index is -0.175. The first-order valence-electron chi connectivity index (χ1n) is 10.9. The van der Waals surface area contributed by atoms with Gasteiger partial charge in [0.25, 0.3) is 0 Å². The van der Waals surface area contributed by atoms with E-state index >= 15 is 0 Å². The maximum Gasteiger partial charge on any atom is 0.167 e. The van der Waals surface area contributed by atoms with Crippen molar-refractivity contribution in [3.63, 3.8) is 0 Å². The maximum atomic E-state index is 6.59. The van der Waals surface area contributed by atoms with Crippen LogP contribution in [0, 0.1) is 0 Å². The molecule has 0 fully saturated rings. The molecule has 1 aliphatic heterocycles. The molecule has 0 aliphatic carbocycles. The SMILES string of the molecule is COc1cccc(C=CC2=NN(c3ccc(Cl)cc3Cl)C(c3cccc(OC)c3OC)C2)c1OC.